The van der Waals surface area contributed by atoms with Crippen molar-refractivity contribution in [1.29, 1.82) is 0 Å². The van der Waals surface area contributed by atoms with Crippen LogP contribution in [0.5, 0.6) is 0 Å². The van der Waals surface area contributed by atoms with Crippen LogP contribution in [0, 0.1) is 5.82 Å². The van der Waals surface area contributed by atoms with Gasteiger partial charge in [0.2, 0.25) is 0 Å². The molecule has 0 aliphatic carbocycles. The van der Waals surface area contributed by atoms with Crippen molar-refractivity contribution < 1.29 is 13.7 Å². The highest BCUT2D eigenvalue weighted by molar-refractivity contribution is 5.93. The average Bonchev–Trinajstić information content (AvgIpc) is 3.34. The van der Waals surface area contributed by atoms with E-state index in [1.807, 2.05) is 6.20 Å². The third kappa shape index (κ3) is 4.64. The summed E-state index contributed by atoms with van der Waals surface area (Å²) >= 11 is 0. The number of nitrogens with zero attached hydrogens (tertiary/aromatic N) is 3. The van der Waals surface area contributed by atoms with Crippen molar-refractivity contribution in [2.24, 2.45) is 5.73 Å². The molecule has 3 aromatic rings. The van der Waals surface area contributed by atoms with Gasteiger partial charge in [-0.1, -0.05) is 18.0 Å². The SMILES string of the molecule is N[C@@H](CCCCCC(=O)c1ccon1)c1cnn(-c2ccc(F)cc2)c1. The molecule has 26 heavy (non-hydrogen) atoms. The fourth-order valence-electron chi connectivity index (χ4n) is 2.74. The molecule has 3 rings (SSSR count). The van der Waals surface area contributed by atoms with Gasteiger partial charge in [0, 0.05) is 30.3 Å². The first-order chi connectivity index (χ1) is 12.6. The standard InChI is InChI=1S/C19H21FN4O2/c20-15-6-8-16(9-7-15)24-13-14(12-22-24)17(21)4-2-1-3-5-19(25)18-10-11-26-23-18/h6-13,17H,1-5,21H2/t17-/m0/s1. The van der Waals surface area contributed by atoms with Crippen LogP contribution in [0.4, 0.5) is 4.39 Å². The molecular formula is C19H21FN4O2. The fourth-order valence-corrected chi connectivity index (χ4v) is 2.74. The van der Waals surface area contributed by atoms with Gasteiger partial charge in [0.15, 0.2) is 5.78 Å². The molecule has 0 bridgehead atoms. The molecule has 136 valence electrons. The fraction of sp³-hybridized carbons (Fsp3) is 0.316. The van der Waals surface area contributed by atoms with Crippen molar-refractivity contribution >= 4 is 5.78 Å². The highest BCUT2D eigenvalue weighted by atomic mass is 19.1. The third-order valence-corrected chi connectivity index (χ3v) is 4.26. The monoisotopic (exact) mass is 356 g/mol. The summed E-state index contributed by atoms with van der Waals surface area (Å²) < 4.78 is 19.3. The largest absolute Gasteiger partial charge is 0.364 e. The zero-order valence-electron chi connectivity index (χ0n) is 14.3. The van der Waals surface area contributed by atoms with Crippen molar-refractivity contribution in [3.05, 3.63) is 66.1 Å². The molecule has 0 unspecified atom stereocenters. The van der Waals surface area contributed by atoms with E-state index >= 15 is 0 Å². The second-order valence-corrected chi connectivity index (χ2v) is 6.21. The summed E-state index contributed by atoms with van der Waals surface area (Å²) in [6.45, 7) is 0. The Labute approximate surface area is 150 Å². The van der Waals surface area contributed by atoms with Gasteiger partial charge < -0.3 is 10.3 Å². The summed E-state index contributed by atoms with van der Waals surface area (Å²) in [5.41, 5.74) is 8.34. The summed E-state index contributed by atoms with van der Waals surface area (Å²) in [7, 11) is 0. The maximum Gasteiger partial charge on any atom is 0.184 e. The number of rotatable bonds is 9. The lowest BCUT2D eigenvalue weighted by atomic mass is 10.0. The van der Waals surface area contributed by atoms with Gasteiger partial charge in [-0.3, -0.25) is 4.79 Å². The molecule has 0 saturated heterocycles. The topological polar surface area (TPSA) is 86.9 Å². The number of halogens is 1. The molecular weight excluding hydrogens is 335 g/mol. The van der Waals surface area contributed by atoms with Crippen LogP contribution in [-0.4, -0.2) is 20.7 Å². The average molecular weight is 356 g/mol. The number of aromatic nitrogens is 3. The minimum atomic E-state index is -0.278. The summed E-state index contributed by atoms with van der Waals surface area (Å²) in [6.07, 6.45) is 8.93. The zero-order valence-corrected chi connectivity index (χ0v) is 14.3. The summed E-state index contributed by atoms with van der Waals surface area (Å²) in [6, 6.07) is 7.60. The van der Waals surface area contributed by atoms with Crippen LogP contribution in [-0.2, 0) is 0 Å². The van der Waals surface area contributed by atoms with Crippen molar-refractivity contribution in [1.82, 2.24) is 14.9 Å². The van der Waals surface area contributed by atoms with E-state index in [4.69, 9.17) is 5.73 Å². The third-order valence-electron chi connectivity index (χ3n) is 4.26. The van der Waals surface area contributed by atoms with E-state index in [2.05, 4.69) is 14.8 Å². The molecule has 0 spiro atoms. The molecule has 1 aromatic carbocycles. The van der Waals surface area contributed by atoms with E-state index in [-0.39, 0.29) is 17.6 Å². The van der Waals surface area contributed by atoms with Crippen LogP contribution >= 0.6 is 0 Å². The molecule has 0 radical (unpaired) electrons. The lowest BCUT2D eigenvalue weighted by Crippen LogP contribution is -2.09. The van der Waals surface area contributed by atoms with Gasteiger partial charge in [0.25, 0.3) is 0 Å². The van der Waals surface area contributed by atoms with Crippen molar-refractivity contribution in [3.8, 4) is 5.69 Å². The van der Waals surface area contributed by atoms with Crippen molar-refractivity contribution in [2.45, 2.75) is 38.1 Å². The maximum atomic E-state index is 13.0. The molecule has 0 saturated carbocycles. The Hall–Kier alpha value is -2.80. The molecule has 7 heteroatoms. The predicted octanol–water partition coefficient (Wildman–Crippen LogP) is 3.83. The van der Waals surface area contributed by atoms with Crippen LogP contribution in [0.1, 0.15) is 54.2 Å². The number of carbonyl (C=O) groups excluding carboxylic acids is 1. The van der Waals surface area contributed by atoms with E-state index in [9.17, 15) is 9.18 Å². The summed E-state index contributed by atoms with van der Waals surface area (Å²) in [5, 5.41) is 7.93. The molecule has 2 heterocycles. The van der Waals surface area contributed by atoms with Crippen molar-refractivity contribution in [2.75, 3.05) is 0 Å². The lowest BCUT2D eigenvalue weighted by molar-refractivity contribution is 0.0970. The van der Waals surface area contributed by atoms with Gasteiger partial charge in [0.1, 0.15) is 17.8 Å². The quantitative estimate of drug-likeness (QED) is 0.465. The summed E-state index contributed by atoms with van der Waals surface area (Å²) in [4.78, 5) is 11.8. The second kappa shape index (κ2) is 8.53. The predicted molar refractivity (Wildman–Crippen MR) is 94.4 cm³/mol. The molecule has 0 aliphatic rings. The molecule has 2 N–H and O–H groups in total. The van der Waals surface area contributed by atoms with Crippen LogP contribution in [0.2, 0.25) is 0 Å². The van der Waals surface area contributed by atoms with Gasteiger partial charge in [0.05, 0.1) is 11.9 Å². The lowest BCUT2D eigenvalue weighted by Gasteiger charge is -2.08. The first kappa shape index (κ1) is 18.0. The van der Waals surface area contributed by atoms with Crippen molar-refractivity contribution in [3.63, 3.8) is 0 Å². The Balaban J connectivity index is 1.42. The highest BCUT2D eigenvalue weighted by Crippen LogP contribution is 2.19. The number of nitrogens with two attached hydrogens (primary N) is 1. The molecule has 2 aromatic heterocycles. The maximum absolute atomic E-state index is 13.0. The Morgan fingerprint density at radius 1 is 1.19 bits per heavy atom. The van der Waals surface area contributed by atoms with Gasteiger partial charge in [-0.25, -0.2) is 9.07 Å². The number of Topliss-reactive ketones (excluding diaryl/α,β-unsaturated/α-hetero) is 1. The minimum absolute atomic E-state index is 0.00335. The van der Waals surface area contributed by atoms with Gasteiger partial charge in [-0.15, -0.1) is 0 Å². The number of hydrogen-bond donors (Lipinski definition) is 1. The highest BCUT2D eigenvalue weighted by Gasteiger charge is 2.11. The Bertz CT molecular complexity index is 828. The summed E-state index contributed by atoms with van der Waals surface area (Å²) in [5.74, 6) is -0.275. The minimum Gasteiger partial charge on any atom is -0.364 e. The van der Waals surface area contributed by atoms with E-state index in [0.717, 1.165) is 36.9 Å². The molecule has 6 nitrogen and oxygen atoms in total. The Morgan fingerprint density at radius 2 is 2.00 bits per heavy atom. The Morgan fingerprint density at radius 3 is 2.73 bits per heavy atom. The first-order valence-electron chi connectivity index (χ1n) is 8.63. The van der Waals surface area contributed by atoms with Crippen LogP contribution in [0.25, 0.3) is 5.69 Å². The number of unbranched alkanes of at least 4 members (excludes halogenated alkanes) is 2. The number of ketones is 1. The normalized spacial score (nSPS) is 12.2. The molecule has 0 aliphatic heterocycles. The number of carbonyl (C=O) groups is 1. The van der Waals surface area contributed by atoms with E-state index in [1.165, 1.54) is 18.4 Å². The molecule has 1 atom stereocenters. The van der Waals surface area contributed by atoms with Gasteiger partial charge in [-0.05, 0) is 37.1 Å². The second-order valence-electron chi connectivity index (χ2n) is 6.21. The number of benzene rings is 1. The van der Waals surface area contributed by atoms with E-state index < -0.39 is 0 Å². The van der Waals surface area contributed by atoms with Crippen LogP contribution in [0.3, 0.4) is 0 Å². The van der Waals surface area contributed by atoms with Gasteiger partial charge >= 0.3 is 0 Å². The smallest absolute Gasteiger partial charge is 0.184 e. The van der Waals surface area contributed by atoms with E-state index in [1.54, 1.807) is 29.1 Å². The van der Waals surface area contributed by atoms with Crippen LogP contribution < -0.4 is 5.73 Å². The van der Waals surface area contributed by atoms with E-state index in [0.29, 0.717) is 12.1 Å². The first-order valence-corrected chi connectivity index (χ1v) is 8.63. The number of hydrogen-bond acceptors (Lipinski definition) is 5. The Kier molecular flexibility index (Phi) is 5.91. The van der Waals surface area contributed by atoms with Crippen LogP contribution in [0.15, 0.2) is 53.5 Å². The van der Waals surface area contributed by atoms with Gasteiger partial charge in [-0.2, -0.15) is 5.10 Å². The molecule has 0 amide bonds. The molecule has 0 fully saturated rings. The zero-order chi connectivity index (χ0) is 18.4.